The third-order valence-electron chi connectivity index (χ3n) is 3.89. The first kappa shape index (κ1) is 16.5. The van der Waals surface area contributed by atoms with Crippen molar-refractivity contribution in [3.8, 4) is 0 Å². The Labute approximate surface area is 136 Å². The van der Waals surface area contributed by atoms with Gasteiger partial charge in [0.2, 0.25) is 5.95 Å². The van der Waals surface area contributed by atoms with Crippen LogP contribution in [0.25, 0.3) is 0 Å². The van der Waals surface area contributed by atoms with Crippen LogP contribution < -0.4 is 10.2 Å². The Kier molecular flexibility index (Phi) is 4.55. The fourth-order valence-corrected chi connectivity index (χ4v) is 2.79. The molecule has 1 aromatic heterocycles. The van der Waals surface area contributed by atoms with Crippen molar-refractivity contribution >= 4 is 11.6 Å². The maximum Gasteiger partial charge on any atom is 0.433 e. The van der Waals surface area contributed by atoms with E-state index < -0.39 is 11.9 Å². The van der Waals surface area contributed by atoms with Gasteiger partial charge in [0.15, 0.2) is 0 Å². The Hall–Kier alpha value is -2.38. The summed E-state index contributed by atoms with van der Waals surface area (Å²) < 4.78 is 52.0. The number of nitrogens with one attached hydrogen (secondary N) is 1. The fraction of sp³-hybridized carbons (Fsp3) is 0.375. The Morgan fingerprint density at radius 2 is 1.96 bits per heavy atom. The van der Waals surface area contributed by atoms with Crippen molar-refractivity contribution in [2.45, 2.75) is 25.1 Å². The van der Waals surface area contributed by atoms with Crippen LogP contribution in [0.5, 0.6) is 0 Å². The summed E-state index contributed by atoms with van der Waals surface area (Å²) in [5.41, 5.74) is -0.490. The summed E-state index contributed by atoms with van der Waals surface area (Å²) in [6.45, 7) is 1.17. The largest absolute Gasteiger partial charge is 0.433 e. The molecule has 1 fully saturated rings. The third kappa shape index (κ3) is 3.74. The number of halogens is 4. The van der Waals surface area contributed by atoms with Gasteiger partial charge in [0.1, 0.15) is 11.5 Å². The lowest BCUT2D eigenvalue weighted by molar-refractivity contribution is -0.141. The van der Waals surface area contributed by atoms with Crippen LogP contribution >= 0.6 is 0 Å². The van der Waals surface area contributed by atoms with E-state index in [0.29, 0.717) is 18.8 Å². The third-order valence-corrected chi connectivity index (χ3v) is 3.89. The Balaban J connectivity index is 1.71. The van der Waals surface area contributed by atoms with Crippen LogP contribution in [0.15, 0.2) is 36.5 Å². The Bertz CT molecular complexity index is 704. The molecule has 128 valence electrons. The molecule has 1 aliphatic rings. The van der Waals surface area contributed by atoms with Crippen LogP contribution in [0.4, 0.5) is 29.2 Å². The summed E-state index contributed by atoms with van der Waals surface area (Å²) in [6, 6.07) is 7.14. The molecule has 2 aromatic rings. The first-order valence-corrected chi connectivity index (χ1v) is 7.60. The number of nitrogens with zero attached hydrogens (tertiary/aromatic N) is 3. The van der Waals surface area contributed by atoms with Gasteiger partial charge in [-0.25, -0.2) is 14.4 Å². The van der Waals surface area contributed by atoms with Crippen molar-refractivity contribution in [1.82, 2.24) is 9.97 Å². The quantitative estimate of drug-likeness (QED) is 0.865. The van der Waals surface area contributed by atoms with Gasteiger partial charge >= 0.3 is 6.18 Å². The van der Waals surface area contributed by atoms with Crippen molar-refractivity contribution in [2.75, 3.05) is 23.3 Å². The number of hydrogen-bond acceptors (Lipinski definition) is 4. The molecule has 8 heteroatoms. The van der Waals surface area contributed by atoms with E-state index in [1.165, 1.54) is 6.07 Å². The minimum Gasteiger partial charge on any atom is -0.367 e. The number of rotatable bonds is 3. The van der Waals surface area contributed by atoms with E-state index in [-0.39, 0.29) is 17.8 Å². The molecule has 1 atom stereocenters. The first-order valence-electron chi connectivity index (χ1n) is 7.60. The van der Waals surface area contributed by atoms with E-state index in [1.54, 1.807) is 18.2 Å². The van der Waals surface area contributed by atoms with Gasteiger partial charge < -0.3 is 10.2 Å². The molecule has 0 aliphatic carbocycles. The van der Waals surface area contributed by atoms with Gasteiger partial charge in [-0.2, -0.15) is 13.2 Å². The van der Waals surface area contributed by atoms with Crippen LogP contribution in [-0.2, 0) is 6.18 Å². The molecule has 1 saturated heterocycles. The molecule has 1 aromatic carbocycles. The van der Waals surface area contributed by atoms with Gasteiger partial charge in [-0.1, -0.05) is 12.1 Å². The first-order chi connectivity index (χ1) is 11.4. The summed E-state index contributed by atoms with van der Waals surface area (Å²) in [5, 5.41) is 2.93. The molecule has 0 saturated carbocycles. The number of benzene rings is 1. The van der Waals surface area contributed by atoms with Crippen molar-refractivity contribution in [3.05, 3.63) is 48.0 Å². The van der Waals surface area contributed by atoms with Crippen LogP contribution in [0.2, 0.25) is 0 Å². The zero-order valence-corrected chi connectivity index (χ0v) is 12.7. The molecule has 4 nitrogen and oxygen atoms in total. The molecule has 1 unspecified atom stereocenters. The van der Waals surface area contributed by atoms with Crippen molar-refractivity contribution < 1.29 is 17.6 Å². The number of para-hydroxylation sites is 1. The van der Waals surface area contributed by atoms with Crippen molar-refractivity contribution in [2.24, 2.45) is 0 Å². The predicted octanol–water partition coefficient (Wildman–Crippen LogP) is 3.72. The fourth-order valence-electron chi connectivity index (χ4n) is 2.79. The van der Waals surface area contributed by atoms with Crippen LogP contribution in [0.3, 0.4) is 0 Å². The zero-order chi connectivity index (χ0) is 17.2. The molecule has 0 spiro atoms. The molecule has 3 rings (SSSR count). The normalized spacial score (nSPS) is 18.5. The molecule has 1 aliphatic heterocycles. The van der Waals surface area contributed by atoms with Crippen LogP contribution in [0.1, 0.15) is 18.5 Å². The molecule has 0 amide bonds. The van der Waals surface area contributed by atoms with Crippen LogP contribution in [-0.4, -0.2) is 29.1 Å². The minimum absolute atomic E-state index is 0.0646. The number of aromatic nitrogens is 2. The number of anilines is 2. The zero-order valence-electron chi connectivity index (χ0n) is 12.7. The maximum absolute atomic E-state index is 13.9. The molecule has 0 radical (unpaired) electrons. The monoisotopic (exact) mass is 340 g/mol. The topological polar surface area (TPSA) is 41.0 Å². The SMILES string of the molecule is Fc1ccccc1N1CCCC(Nc2nccc(C(F)(F)F)n2)C1. The lowest BCUT2D eigenvalue weighted by atomic mass is 10.0. The molecule has 1 N–H and O–H groups in total. The van der Waals surface area contributed by atoms with Gasteiger partial charge in [0.25, 0.3) is 0 Å². The summed E-state index contributed by atoms with van der Waals surface area (Å²) in [4.78, 5) is 9.24. The Morgan fingerprint density at radius 1 is 1.17 bits per heavy atom. The van der Waals surface area contributed by atoms with Gasteiger partial charge in [0, 0.05) is 25.3 Å². The molecular formula is C16H16F4N4. The van der Waals surface area contributed by atoms with E-state index in [9.17, 15) is 17.6 Å². The van der Waals surface area contributed by atoms with E-state index in [2.05, 4.69) is 15.3 Å². The molecular weight excluding hydrogens is 324 g/mol. The highest BCUT2D eigenvalue weighted by molar-refractivity contribution is 5.48. The predicted molar refractivity (Wildman–Crippen MR) is 82.3 cm³/mol. The maximum atomic E-state index is 13.9. The number of piperidine rings is 1. The van der Waals surface area contributed by atoms with Gasteiger partial charge in [-0.15, -0.1) is 0 Å². The van der Waals surface area contributed by atoms with E-state index in [1.807, 2.05) is 4.90 Å². The van der Waals surface area contributed by atoms with Crippen molar-refractivity contribution in [3.63, 3.8) is 0 Å². The highest BCUT2D eigenvalue weighted by Crippen LogP contribution is 2.28. The second kappa shape index (κ2) is 6.62. The minimum atomic E-state index is -4.51. The van der Waals surface area contributed by atoms with E-state index in [0.717, 1.165) is 25.1 Å². The summed E-state index contributed by atoms with van der Waals surface area (Å²) in [7, 11) is 0. The Morgan fingerprint density at radius 3 is 2.71 bits per heavy atom. The van der Waals surface area contributed by atoms with Crippen molar-refractivity contribution in [1.29, 1.82) is 0 Å². The van der Waals surface area contributed by atoms with Crippen LogP contribution in [0, 0.1) is 5.82 Å². The van der Waals surface area contributed by atoms with Gasteiger partial charge in [-0.05, 0) is 31.0 Å². The summed E-state index contributed by atoms with van der Waals surface area (Å²) >= 11 is 0. The molecule has 2 heterocycles. The number of alkyl halides is 3. The number of hydrogen-bond donors (Lipinski definition) is 1. The van der Waals surface area contributed by atoms with Gasteiger partial charge in [-0.3, -0.25) is 0 Å². The second-order valence-corrected chi connectivity index (χ2v) is 5.64. The average Bonchev–Trinajstić information content (AvgIpc) is 2.55. The lowest BCUT2D eigenvalue weighted by Gasteiger charge is -2.34. The van der Waals surface area contributed by atoms with Gasteiger partial charge in [0.05, 0.1) is 5.69 Å². The lowest BCUT2D eigenvalue weighted by Crippen LogP contribution is -2.42. The molecule has 0 bridgehead atoms. The smallest absolute Gasteiger partial charge is 0.367 e. The highest BCUT2D eigenvalue weighted by Gasteiger charge is 2.33. The summed E-state index contributed by atoms with van der Waals surface area (Å²) in [5.74, 6) is -0.376. The summed E-state index contributed by atoms with van der Waals surface area (Å²) in [6.07, 6.45) is -1.88. The van der Waals surface area contributed by atoms with E-state index in [4.69, 9.17) is 0 Å². The second-order valence-electron chi connectivity index (χ2n) is 5.64. The highest BCUT2D eigenvalue weighted by atomic mass is 19.4. The average molecular weight is 340 g/mol. The molecule has 24 heavy (non-hydrogen) atoms. The standard InChI is InChI=1S/C16H16F4N4/c17-12-5-1-2-6-13(12)24-9-3-4-11(10-24)22-15-21-8-7-14(23-15)16(18,19)20/h1-2,5-8,11H,3-4,9-10H2,(H,21,22,23). The van der Waals surface area contributed by atoms with E-state index >= 15 is 0 Å².